The van der Waals surface area contributed by atoms with E-state index in [1.807, 2.05) is 25.1 Å². The van der Waals surface area contributed by atoms with Gasteiger partial charge in [-0.1, -0.05) is 62.8 Å². The van der Waals surface area contributed by atoms with Crippen LogP contribution < -0.4 is 5.48 Å². The van der Waals surface area contributed by atoms with Gasteiger partial charge in [0.05, 0.1) is 0 Å². The van der Waals surface area contributed by atoms with Crippen LogP contribution in [-0.4, -0.2) is 10.9 Å². The highest BCUT2D eigenvalue weighted by Gasteiger charge is 2.19. The van der Waals surface area contributed by atoms with Gasteiger partial charge in [0.25, 0.3) is 0 Å². The van der Waals surface area contributed by atoms with Crippen LogP contribution in [0.5, 0.6) is 0 Å². The summed E-state index contributed by atoms with van der Waals surface area (Å²) in [6, 6.07) is 10.2. The molecule has 3 N–H and O–H groups in total. The van der Waals surface area contributed by atoms with Crippen molar-refractivity contribution in [2.45, 2.75) is 40.0 Å². The molecule has 0 radical (unpaired) electrons. The maximum Gasteiger partial charge on any atom is 0.0377 e. The Morgan fingerprint density at radius 2 is 1.95 bits per heavy atom. The Hall–Kier alpha value is -1.87. The van der Waals surface area contributed by atoms with E-state index in [2.05, 4.69) is 38.0 Å². The number of rotatable bonds is 8. The van der Waals surface area contributed by atoms with E-state index in [4.69, 9.17) is 10.6 Å². The standard InChI is InChI=1S/C18H26N2O/c1-5-9-17(19)18(14(3)15(4)20-21)13(2)12-16-10-7-6-8-11-16/h6-8,10-11,14,19-21H,4-5,9,12H2,1-3H3/b18-13-,19-17?. The van der Waals surface area contributed by atoms with Gasteiger partial charge in [0.2, 0.25) is 0 Å². The minimum atomic E-state index is -0.0854. The van der Waals surface area contributed by atoms with Gasteiger partial charge in [-0.2, -0.15) is 0 Å². The molecule has 0 aliphatic heterocycles. The largest absolute Gasteiger partial charge is 0.305 e. The molecule has 0 saturated carbocycles. The molecule has 1 atom stereocenters. The molecule has 0 aliphatic carbocycles. The van der Waals surface area contributed by atoms with Crippen LogP contribution in [-0.2, 0) is 6.42 Å². The molecular weight excluding hydrogens is 260 g/mol. The first kappa shape index (κ1) is 17.2. The molecular formula is C18H26N2O. The Bertz CT molecular complexity index is 517. The molecule has 1 aromatic carbocycles. The van der Waals surface area contributed by atoms with Crippen LogP contribution in [0, 0.1) is 11.3 Å². The summed E-state index contributed by atoms with van der Waals surface area (Å²) in [5.41, 5.74) is 6.66. The molecule has 3 heteroatoms. The molecule has 1 aromatic rings. The highest BCUT2D eigenvalue weighted by Crippen LogP contribution is 2.25. The van der Waals surface area contributed by atoms with E-state index in [1.54, 1.807) is 0 Å². The summed E-state index contributed by atoms with van der Waals surface area (Å²) in [5, 5.41) is 17.4. The van der Waals surface area contributed by atoms with Gasteiger partial charge in [-0.15, -0.1) is 0 Å². The molecule has 1 unspecified atom stereocenters. The first-order valence-corrected chi connectivity index (χ1v) is 7.41. The fourth-order valence-electron chi connectivity index (χ4n) is 2.54. The van der Waals surface area contributed by atoms with Crippen molar-refractivity contribution in [3.63, 3.8) is 0 Å². The van der Waals surface area contributed by atoms with E-state index in [0.717, 1.165) is 30.4 Å². The maximum absolute atomic E-state index is 9.09. The van der Waals surface area contributed by atoms with E-state index >= 15 is 0 Å². The zero-order valence-electron chi connectivity index (χ0n) is 13.2. The van der Waals surface area contributed by atoms with Gasteiger partial charge >= 0.3 is 0 Å². The zero-order valence-corrected chi connectivity index (χ0v) is 13.2. The number of hydrogen-bond acceptors (Lipinski definition) is 3. The van der Waals surface area contributed by atoms with E-state index in [-0.39, 0.29) is 5.92 Å². The molecule has 0 aliphatic rings. The summed E-state index contributed by atoms with van der Waals surface area (Å²) in [6.45, 7) is 9.94. The highest BCUT2D eigenvalue weighted by atomic mass is 16.5. The predicted octanol–water partition coefficient (Wildman–Crippen LogP) is 4.49. The summed E-state index contributed by atoms with van der Waals surface area (Å²) in [7, 11) is 0. The van der Waals surface area contributed by atoms with Crippen LogP contribution in [0.4, 0.5) is 0 Å². The lowest BCUT2D eigenvalue weighted by Crippen LogP contribution is -2.21. The lowest BCUT2D eigenvalue weighted by molar-refractivity contribution is 0.191. The summed E-state index contributed by atoms with van der Waals surface area (Å²) in [5.74, 6) is -0.0854. The van der Waals surface area contributed by atoms with Crippen LogP contribution in [0.1, 0.15) is 39.2 Å². The third-order valence-corrected chi connectivity index (χ3v) is 3.70. The van der Waals surface area contributed by atoms with Gasteiger partial charge in [-0.05, 0) is 30.9 Å². The van der Waals surface area contributed by atoms with Gasteiger partial charge in [-0.3, -0.25) is 10.7 Å². The van der Waals surface area contributed by atoms with Crippen molar-refractivity contribution in [1.29, 1.82) is 5.41 Å². The van der Waals surface area contributed by atoms with Crippen molar-refractivity contribution >= 4 is 5.71 Å². The number of hydroxylamine groups is 1. The van der Waals surface area contributed by atoms with Crippen LogP contribution in [0.3, 0.4) is 0 Å². The monoisotopic (exact) mass is 286 g/mol. The Morgan fingerprint density at radius 1 is 1.33 bits per heavy atom. The molecule has 3 nitrogen and oxygen atoms in total. The second-order valence-electron chi connectivity index (χ2n) is 5.44. The van der Waals surface area contributed by atoms with Gasteiger partial charge < -0.3 is 5.41 Å². The van der Waals surface area contributed by atoms with E-state index in [1.165, 1.54) is 5.56 Å². The first-order chi connectivity index (χ1) is 10.0. The summed E-state index contributed by atoms with van der Waals surface area (Å²) in [4.78, 5) is 0. The second kappa shape index (κ2) is 8.42. The molecule has 0 aromatic heterocycles. The van der Waals surface area contributed by atoms with E-state index in [0.29, 0.717) is 11.4 Å². The molecule has 0 spiro atoms. The maximum atomic E-state index is 9.09. The van der Waals surface area contributed by atoms with E-state index in [9.17, 15) is 0 Å². The van der Waals surface area contributed by atoms with Crippen molar-refractivity contribution in [3.05, 3.63) is 59.3 Å². The van der Waals surface area contributed by atoms with Crippen LogP contribution >= 0.6 is 0 Å². The predicted molar refractivity (Wildman–Crippen MR) is 88.7 cm³/mol. The average molecular weight is 286 g/mol. The molecule has 0 bridgehead atoms. The summed E-state index contributed by atoms with van der Waals surface area (Å²) >= 11 is 0. The Labute approximate surface area is 127 Å². The van der Waals surface area contributed by atoms with Crippen LogP contribution in [0.2, 0.25) is 0 Å². The quantitative estimate of drug-likeness (QED) is 0.487. The fourth-order valence-corrected chi connectivity index (χ4v) is 2.54. The number of benzene rings is 1. The van der Waals surface area contributed by atoms with Crippen molar-refractivity contribution in [2.24, 2.45) is 5.92 Å². The average Bonchev–Trinajstić information content (AvgIpc) is 2.47. The third-order valence-electron chi connectivity index (χ3n) is 3.70. The molecule has 0 fully saturated rings. The van der Waals surface area contributed by atoms with Crippen LogP contribution in [0.25, 0.3) is 0 Å². The van der Waals surface area contributed by atoms with E-state index < -0.39 is 0 Å². The minimum Gasteiger partial charge on any atom is -0.305 e. The summed E-state index contributed by atoms with van der Waals surface area (Å²) in [6.07, 6.45) is 2.49. The zero-order chi connectivity index (χ0) is 15.8. The topological polar surface area (TPSA) is 56.1 Å². The lowest BCUT2D eigenvalue weighted by atomic mass is 9.86. The fraction of sp³-hybridized carbons (Fsp3) is 0.389. The van der Waals surface area contributed by atoms with Gasteiger partial charge in [0, 0.05) is 17.3 Å². The van der Waals surface area contributed by atoms with Crippen LogP contribution in [0.15, 0.2) is 53.8 Å². The number of hydrogen-bond donors (Lipinski definition) is 3. The van der Waals surface area contributed by atoms with Gasteiger partial charge in [-0.25, -0.2) is 0 Å². The smallest absolute Gasteiger partial charge is 0.0377 e. The van der Waals surface area contributed by atoms with Crippen molar-refractivity contribution in [3.8, 4) is 0 Å². The Balaban J connectivity index is 3.11. The Kier molecular flexibility index (Phi) is 6.89. The molecule has 114 valence electrons. The molecule has 21 heavy (non-hydrogen) atoms. The molecule has 0 saturated heterocycles. The van der Waals surface area contributed by atoms with Gasteiger partial charge in [0.1, 0.15) is 0 Å². The lowest BCUT2D eigenvalue weighted by Gasteiger charge is -2.22. The highest BCUT2D eigenvalue weighted by molar-refractivity contribution is 5.99. The van der Waals surface area contributed by atoms with Gasteiger partial charge in [0.15, 0.2) is 0 Å². The van der Waals surface area contributed by atoms with Crippen molar-refractivity contribution in [1.82, 2.24) is 5.48 Å². The van der Waals surface area contributed by atoms with Crippen molar-refractivity contribution < 1.29 is 5.21 Å². The third kappa shape index (κ3) is 4.87. The summed E-state index contributed by atoms with van der Waals surface area (Å²) < 4.78 is 0. The number of nitrogens with one attached hydrogen (secondary N) is 2. The van der Waals surface area contributed by atoms with Crippen molar-refractivity contribution in [2.75, 3.05) is 0 Å². The molecule has 1 rings (SSSR count). The first-order valence-electron chi connectivity index (χ1n) is 7.41. The minimum absolute atomic E-state index is 0.0854. The normalized spacial score (nSPS) is 13.3. The molecule has 0 amide bonds. The Morgan fingerprint density at radius 3 is 2.48 bits per heavy atom. The number of allylic oxidation sites excluding steroid dienone is 2. The second-order valence-corrected chi connectivity index (χ2v) is 5.44. The SMILES string of the molecule is C=C(NO)C(C)/C(C(=N)CCC)=C(\C)Cc1ccccc1. The molecule has 0 heterocycles.